The first kappa shape index (κ1) is 24.8. The molecular formula is C24H25IN2O5S. The zero-order valence-electron chi connectivity index (χ0n) is 18.6. The van der Waals surface area contributed by atoms with E-state index in [1.165, 1.54) is 17.0 Å². The van der Waals surface area contributed by atoms with Gasteiger partial charge in [-0.2, -0.15) is 0 Å². The molecule has 0 aromatic heterocycles. The highest BCUT2D eigenvalue weighted by Gasteiger charge is 2.28. The normalized spacial score (nSPS) is 11.0. The molecule has 7 nitrogen and oxygen atoms in total. The number of sulfonamides is 1. The van der Waals surface area contributed by atoms with Gasteiger partial charge in [-0.25, -0.2) is 8.42 Å². The highest BCUT2D eigenvalue weighted by molar-refractivity contribution is 14.1. The molecule has 0 spiro atoms. The average molecular weight is 580 g/mol. The molecule has 0 atom stereocenters. The average Bonchev–Trinajstić information content (AvgIpc) is 2.83. The van der Waals surface area contributed by atoms with Crippen LogP contribution in [-0.2, 0) is 21.4 Å². The van der Waals surface area contributed by atoms with Crippen LogP contribution in [0.5, 0.6) is 11.5 Å². The molecule has 0 aliphatic rings. The van der Waals surface area contributed by atoms with Crippen LogP contribution in [0.25, 0.3) is 0 Å². The number of ether oxygens (including phenoxy) is 2. The van der Waals surface area contributed by atoms with E-state index in [0.717, 1.165) is 13.4 Å². The second-order valence-corrected chi connectivity index (χ2v) is 10.3. The van der Waals surface area contributed by atoms with Crippen molar-refractivity contribution >= 4 is 44.2 Å². The van der Waals surface area contributed by atoms with E-state index < -0.39 is 10.0 Å². The van der Waals surface area contributed by atoms with E-state index in [4.69, 9.17) is 9.47 Å². The fraction of sp³-hybridized carbons (Fsp3) is 0.208. The molecule has 0 N–H and O–H groups in total. The van der Waals surface area contributed by atoms with Crippen molar-refractivity contribution in [2.24, 2.45) is 0 Å². The summed E-state index contributed by atoms with van der Waals surface area (Å²) in [6.07, 6.45) is 0. The predicted octanol–water partition coefficient (Wildman–Crippen LogP) is 4.16. The number of hydrogen-bond acceptors (Lipinski definition) is 5. The van der Waals surface area contributed by atoms with Crippen LogP contribution in [0.2, 0.25) is 0 Å². The summed E-state index contributed by atoms with van der Waals surface area (Å²) >= 11 is 2.15. The molecule has 0 aliphatic carbocycles. The Morgan fingerprint density at radius 2 is 1.55 bits per heavy atom. The number of benzene rings is 3. The quantitative estimate of drug-likeness (QED) is 0.356. The first-order valence-electron chi connectivity index (χ1n) is 10.0. The number of carbonyl (C=O) groups excluding carboxylic acids is 1. The van der Waals surface area contributed by atoms with Crippen molar-refractivity contribution in [3.8, 4) is 11.5 Å². The third-order valence-electron chi connectivity index (χ3n) is 5.02. The maximum Gasteiger partial charge on any atom is 0.264 e. The second kappa shape index (κ2) is 10.9. The van der Waals surface area contributed by atoms with Crippen LogP contribution in [0.3, 0.4) is 0 Å². The van der Waals surface area contributed by atoms with Crippen molar-refractivity contribution in [3.05, 3.63) is 81.9 Å². The molecule has 0 radical (unpaired) electrons. The largest absolute Gasteiger partial charge is 0.493 e. The van der Waals surface area contributed by atoms with Gasteiger partial charge in [-0.15, -0.1) is 0 Å². The number of hydrogen-bond donors (Lipinski definition) is 0. The molecule has 3 aromatic carbocycles. The van der Waals surface area contributed by atoms with E-state index in [0.29, 0.717) is 17.2 Å². The Kier molecular flexibility index (Phi) is 8.20. The smallest absolute Gasteiger partial charge is 0.264 e. The molecule has 0 unspecified atom stereocenters. The fourth-order valence-electron chi connectivity index (χ4n) is 3.23. The van der Waals surface area contributed by atoms with Crippen LogP contribution in [0.1, 0.15) is 5.56 Å². The van der Waals surface area contributed by atoms with Crippen LogP contribution in [0.15, 0.2) is 77.7 Å². The predicted molar refractivity (Wildman–Crippen MR) is 136 cm³/mol. The zero-order valence-corrected chi connectivity index (χ0v) is 21.5. The molecule has 0 saturated carbocycles. The van der Waals surface area contributed by atoms with Crippen LogP contribution in [0.4, 0.5) is 5.69 Å². The monoisotopic (exact) mass is 580 g/mol. The van der Waals surface area contributed by atoms with Crippen LogP contribution < -0.4 is 13.8 Å². The van der Waals surface area contributed by atoms with Crippen molar-refractivity contribution in [2.75, 3.05) is 32.1 Å². The van der Waals surface area contributed by atoms with Gasteiger partial charge in [-0.05, 0) is 76.7 Å². The number of likely N-dealkylation sites (N-methyl/N-ethyl adjacent to an activating group) is 1. The molecule has 174 valence electrons. The summed E-state index contributed by atoms with van der Waals surface area (Å²) in [6, 6.07) is 20.5. The lowest BCUT2D eigenvalue weighted by Gasteiger charge is -2.27. The minimum absolute atomic E-state index is 0.124. The molecule has 9 heteroatoms. The summed E-state index contributed by atoms with van der Waals surface area (Å²) in [5, 5.41) is 0. The van der Waals surface area contributed by atoms with Gasteiger partial charge in [0.1, 0.15) is 6.54 Å². The van der Waals surface area contributed by atoms with E-state index in [9.17, 15) is 13.2 Å². The van der Waals surface area contributed by atoms with E-state index in [2.05, 4.69) is 22.6 Å². The fourth-order valence-corrected chi connectivity index (χ4v) is 5.02. The SMILES string of the molecule is COc1ccc(CN(C)C(=O)CN(c2ccc(I)cc2)S(=O)(=O)c2ccccc2)cc1OC. The van der Waals surface area contributed by atoms with Gasteiger partial charge in [0.15, 0.2) is 11.5 Å². The van der Waals surface area contributed by atoms with Gasteiger partial charge >= 0.3 is 0 Å². The number of carbonyl (C=O) groups is 1. The molecule has 0 saturated heterocycles. The lowest BCUT2D eigenvalue weighted by atomic mass is 10.2. The summed E-state index contributed by atoms with van der Waals surface area (Å²) in [5.74, 6) is 0.805. The first-order chi connectivity index (χ1) is 15.8. The Labute approximate surface area is 208 Å². The molecule has 0 fully saturated rings. The standard InChI is InChI=1S/C24H25IN2O5S/c1-26(16-18-9-14-22(31-2)23(15-18)32-3)24(28)17-27(20-12-10-19(25)11-13-20)33(29,30)21-7-5-4-6-8-21/h4-15H,16-17H2,1-3H3. The first-order valence-corrected chi connectivity index (χ1v) is 12.6. The minimum atomic E-state index is -3.94. The summed E-state index contributed by atoms with van der Waals surface area (Å²) in [4.78, 5) is 14.7. The molecular weight excluding hydrogens is 555 g/mol. The van der Waals surface area contributed by atoms with Crippen LogP contribution in [0, 0.1) is 3.57 Å². The van der Waals surface area contributed by atoms with E-state index >= 15 is 0 Å². The Morgan fingerprint density at radius 1 is 0.909 bits per heavy atom. The van der Waals surface area contributed by atoms with Crippen LogP contribution >= 0.6 is 22.6 Å². The Hall–Kier alpha value is -2.79. The summed E-state index contributed by atoms with van der Waals surface area (Å²) in [6.45, 7) is -0.0489. The zero-order chi connectivity index (χ0) is 24.0. The van der Waals surface area contributed by atoms with Crippen LogP contribution in [-0.4, -0.2) is 47.0 Å². The Bertz CT molecular complexity index is 1200. The molecule has 3 rings (SSSR count). The Morgan fingerprint density at radius 3 is 2.15 bits per heavy atom. The van der Waals surface area contributed by atoms with Gasteiger partial charge in [0.2, 0.25) is 5.91 Å². The third-order valence-corrected chi connectivity index (χ3v) is 7.53. The molecule has 33 heavy (non-hydrogen) atoms. The van der Waals surface area contributed by atoms with Crippen molar-refractivity contribution in [1.82, 2.24) is 4.90 Å². The van der Waals surface area contributed by atoms with E-state index in [1.807, 2.05) is 6.07 Å². The lowest BCUT2D eigenvalue weighted by molar-refractivity contribution is -0.128. The highest BCUT2D eigenvalue weighted by Crippen LogP contribution is 2.28. The molecule has 3 aromatic rings. The number of nitrogens with zero attached hydrogens (tertiary/aromatic N) is 2. The number of methoxy groups -OCH3 is 2. The lowest BCUT2D eigenvalue weighted by Crippen LogP contribution is -2.41. The summed E-state index contributed by atoms with van der Waals surface area (Å²) in [7, 11) is 0.799. The van der Waals surface area contributed by atoms with Crippen molar-refractivity contribution in [3.63, 3.8) is 0 Å². The maximum atomic E-state index is 13.4. The number of anilines is 1. The van der Waals surface area contributed by atoms with Gasteiger partial charge in [0, 0.05) is 17.2 Å². The van der Waals surface area contributed by atoms with Crippen molar-refractivity contribution in [1.29, 1.82) is 0 Å². The number of amides is 1. The van der Waals surface area contributed by atoms with Gasteiger partial charge in [0.25, 0.3) is 10.0 Å². The van der Waals surface area contributed by atoms with E-state index in [1.54, 1.807) is 75.9 Å². The van der Waals surface area contributed by atoms with Crippen molar-refractivity contribution < 1.29 is 22.7 Å². The van der Waals surface area contributed by atoms with Gasteiger partial charge in [-0.3, -0.25) is 9.10 Å². The Balaban J connectivity index is 1.86. The number of rotatable bonds is 9. The topological polar surface area (TPSA) is 76.2 Å². The van der Waals surface area contributed by atoms with Gasteiger partial charge in [0.05, 0.1) is 24.8 Å². The van der Waals surface area contributed by atoms with E-state index in [-0.39, 0.29) is 23.9 Å². The molecule has 0 bridgehead atoms. The molecule has 0 aliphatic heterocycles. The molecule has 0 heterocycles. The maximum absolute atomic E-state index is 13.4. The number of halogens is 1. The highest BCUT2D eigenvalue weighted by atomic mass is 127. The van der Waals surface area contributed by atoms with Gasteiger partial charge in [-0.1, -0.05) is 24.3 Å². The second-order valence-electron chi connectivity index (χ2n) is 7.24. The molecule has 1 amide bonds. The van der Waals surface area contributed by atoms with Gasteiger partial charge < -0.3 is 14.4 Å². The van der Waals surface area contributed by atoms with Crippen molar-refractivity contribution in [2.45, 2.75) is 11.4 Å². The third kappa shape index (κ3) is 5.97. The summed E-state index contributed by atoms with van der Waals surface area (Å²) < 4.78 is 39.5. The summed E-state index contributed by atoms with van der Waals surface area (Å²) in [5.41, 5.74) is 1.25. The minimum Gasteiger partial charge on any atom is -0.493 e.